The Morgan fingerprint density at radius 3 is 2.65 bits per heavy atom. The van der Waals surface area contributed by atoms with Crippen LogP contribution in [0.25, 0.3) is 0 Å². The Bertz CT molecular complexity index is 565. The molecule has 8 heteroatoms. The highest BCUT2D eigenvalue weighted by molar-refractivity contribution is 7.89. The molecule has 0 aromatic carbocycles. The summed E-state index contributed by atoms with van der Waals surface area (Å²) in [6.07, 6.45) is 2.14. The molecule has 0 spiro atoms. The first-order valence-electron chi connectivity index (χ1n) is 6.39. The van der Waals surface area contributed by atoms with Crippen molar-refractivity contribution in [3.63, 3.8) is 0 Å². The Morgan fingerprint density at radius 1 is 1.50 bits per heavy atom. The van der Waals surface area contributed by atoms with Gasteiger partial charge in [0.15, 0.2) is 5.03 Å². The van der Waals surface area contributed by atoms with Crippen molar-refractivity contribution in [2.24, 2.45) is 0 Å². The summed E-state index contributed by atoms with van der Waals surface area (Å²) in [7, 11) is -0.819. The van der Waals surface area contributed by atoms with Gasteiger partial charge in [-0.25, -0.2) is 13.4 Å². The largest absolute Gasteiger partial charge is 0.469 e. The van der Waals surface area contributed by atoms with Crippen LogP contribution in [-0.4, -0.2) is 48.9 Å². The van der Waals surface area contributed by atoms with Crippen LogP contribution in [0.5, 0.6) is 0 Å². The number of esters is 1. The van der Waals surface area contributed by atoms with Gasteiger partial charge in [0.2, 0.25) is 0 Å². The highest BCUT2D eigenvalue weighted by Crippen LogP contribution is 2.14. The molecule has 0 aliphatic heterocycles. The molecule has 0 unspecified atom stereocenters. The minimum absolute atomic E-state index is 0.0393. The second-order valence-electron chi connectivity index (χ2n) is 4.42. The van der Waals surface area contributed by atoms with Crippen molar-refractivity contribution in [2.45, 2.75) is 38.3 Å². The van der Waals surface area contributed by atoms with E-state index in [0.29, 0.717) is 18.8 Å². The Hall–Kier alpha value is -1.41. The van der Waals surface area contributed by atoms with Gasteiger partial charge in [-0.05, 0) is 20.3 Å². The first-order valence-corrected chi connectivity index (χ1v) is 7.83. The van der Waals surface area contributed by atoms with Crippen molar-refractivity contribution in [3.8, 4) is 0 Å². The van der Waals surface area contributed by atoms with Crippen molar-refractivity contribution in [2.75, 3.05) is 20.7 Å². The van der Waals surface area contributed by atoms with E-state index in [1.54, 1.807) is 11.5 Å². The van der Waals surface area contributed by atoms with Crippen LogP contribution in [0.2, 0.25) is 0 Å². The Morgan fingerprint density at radius 2 is 2.15 bits per heavy atom. The molecule has 0 aliphatic rings. The van der Waals surface area contributed by atoms with E-state index >= 15 is 0 Å². The molecular weight excluding hydrogens is 282 g/mol. The fourth-order valence-electron chi connectivity index (χ4n) is 1.75. The lowest BCUT2D eigenvalue weighted by atomic mass is 10.3. The van der Waals surface area contributed by atoms with E-state index in [9.17, 15) is 13.2 Å². The number of methoxy groups -OCH3 is 1. The second kappa shape index (κ2) is 6.85. The molecule has 0 aliphatic carbocycles. The zero-order valence-electron chi connectivity index (χ0n) is 12.3. The number of rotatable bonds is 7. The Labute approximate surface area is 119 Å². The molecule has 1 heterocycles. The van der Waals surface area contributed by atoms with Crippen molar-refractivity contribution in [3.05, 3.63) is 12.0 Å². The number of imidazole rings is 1. The minimum Gasteiger partial charge on any atom is -0.469 e. The van der Waals surface area contributed by atoms with Gasteiger partial charge in [-0.15, -0.1) is 0 Å². The smallest absolute Gasteiger partial charge is 0.305 e. The number of ether oxygens (including phenoxy) is 1. The van der Waals surface area contributed by atoms with Crippen LogP contribution in [0.3, 0.4) is 0 Å². The number of aryl methyl sites for hydroxylation is 2. The van der Waals surface area contributed by atoms with Gasteiger partial charge in [-0.3, -0.25) is 4.79 Å². The summed E-state index contributed by atoms with van der Waals surface area (Å²) in [6, 6.07) is 0. The zero-order chi connectivity index (χ0) is 15.3. The van der Waals surface area contributed by atoms with Crippen LogP contribution < -0.4 is 0 Å². The van der Waals surface area contributed by atoms with E-state index in [4.69, 9.17) is 0 Å². The van der Waals surface area contributed by atoms with Gasteiger partial charge >= 0.3 is 5.97 Å². The fraction of sp³-hybridized carbons (Fsp3) is 0.667. The molecule has 0 N–H and O–H groups in total. The average Bonchev–Trinajstić information content (AvgIpc) is 2.80. The summed E-state index contributed by atoms with van der Waals surface area (Å²) in [5.74, 6) is 0.316. The van der Waals surface area contributed by atoms with Gasteiger partial charge in [0, 0.05) is 32.8 Å². The SMILES string of the molecule is CCn1cc(S(=O)(=O)N(C)CCCC(=O)OC)nc1C. The fourth-order valence-corrected chi connectivity index (χ4v) is 2.95. The average molecular weight is 303 g/mol. The van der Waals surface area contributed by atoms with Gasteiger partial charge in [0.05, 0.1) is 7.11 Å². The van der Waals surface area contributed by atoms with Gasteiger partial charge < -0.3 is 9.30 Å². The van der Waals surface area contributed by atoms with Crippen LogP contribution in [0.1, 0.15) is 25.6 Å². The lowest BCUT2D eigenvalue weighted by Gasteiger charge is -2.14. The van der Waals surface area contributed by atoms with Gasteiger partial charge in [0.1, 0.15) is 5.82 Å². The maximum Gasteiger partial charge on any atom is 0.305 e. The number of carbonyl (C=O) groups excluding carboxylic acids is 1. The number of sulfonamides is 1. The Balaban J connectivity index is 2.74. The van der Waals surface area contributed by atoms with Crippen molar-refractivity contribution >= 4 is 16.0 Å². The van der Waals surface area contributed by atoms with E-state index < -0.39 is 10.0 Å². The zero-order valence-corrected chi connectivity index (χ0v) is 13.1. The monoisotopic (exact) mass is 303 g/mol. The van der Waals surface area contributed by atoms with E-state index in [0.717, 1.165) is 0 Å². The van der Waals surface area contributed by atoms with Crippen molar-refractivity contribution in [1.82, 2.24) is 13.9 Å². The lowest BCUT2D eigenvalue weighted by Crippen LogP contribution is -2.28. The summed E-state index contributed by atoms with van der Waals surface area (Å²) in [6.45, 7) is 4.60. The van der Waals surface area contributed by atoms with Crippen molar-refractivity contribution < 1.29 is 17.9 Å². The summed E-state index contributed by atoms with van der Waals surface area (Å²) >= 11 is 0. The van der Waals surface area contributed by atoms with Gasteiger partial charge in [-0.1, -0.05) is 0 Å². The first-order chi connectivity index (χ1) is 9.32. The molecule has 0 radical (unpaired) electrons. The first kappa shape index (κ1) is 16.6. The molecule has 0 bridgehead atoms. The number of hydrogen-bond acceptors (Lipinski definition) is 5. The third-order valence-electron chi connectivity index (χ3n) is 3.05. The minimum atomic E-state index is -3.61. The van der Waals surface area contributed by atoms with Crippen molar-refractivity contribution in [1.29, 1.82) is 0 Å². The van der Waals surface area contributed by atoms with Crippen LogP contribution in [0, 0.1) is 6.92 Å². The molecule has 0 saturated carbocycles. The molecule has 0 amide bonds. The predicted molar refractivity (Wildman–Crippen MR) is 73.7 cm³/mol. The molecule has 0 atom stereocenters. The molecule has 7 nitrogen and oxygen atoms in total. The number of aromatic nitrogens is 2. The maximum atomic E-state index is 12.3. The highest BCUT2D eigenvalue weighted by Gasteiger charge is 2.24. The predicted octanol–water partition coefficient (Wildman–Crippen LogP) is 0.785. The molecule has 0 saturated heterocycles. The molecule has 1 rings (SSSR count). The summed E-state index contributed by atoms with van der Waals surface area (Å²) in [4.78, 5) is 15.1. The lowest BCUT2D eigenvalue weighted by molar-refractivity contribution is -0.140. The number of carbonyl (C=O) groups is 1. The quantitative estimate of drug-likeness (QED) is 0.695. The van der Waals surface area contributed by atoms with Gasteiger partial charge in [0.25, 0.3) is 10.0 Å². The van der Waals surface area contributed by atoms with Crippen LogP contribution >= 0.6 is 0 Å². The summed E-state index contributed by atoms with van der Waals surface area (Å²) in [5, 5.41) is 0.0393. The number of nitrogens with zero attached hydrogens (tertiary/aromatic N) is 3. The summed E-state index contributed by atoms with van der Waals surface area (Å²) in [5.41, 5.74) is 0. The van der Waals surface area contributed by atoms with Crippen LogP contribution in [0.4, 0.5) is 0 Å². The molecule has 1 aromatic rings. The third kappa shape index (κ3) is 3.80. The molecule has 114 valence electrons. The standard InChI is InChI=1S/C12H21N3O4S/c1-5-15-9-11(13-10(15)2)20(17,18)14(3)8-6-7-12(16)19-4/h9H,5-8H2,1-4H3. The molecular formula is C12H21N3O4S. The molecule has 20 heavy (non-hydrogen) atoms. The van der Waals surface area contributed by atoms with Crippen LogP contribution in [-0.2, 0) is 26.1 Å². The molecule has 0 fully saturated rings. The maximum absolute atomic E-state index is 12.3. The van der Waals surface area contributed by atoms with E-state index in [1.807, 2.05) is 6.92 Å². The molecule has 1 aromatic heterocycles. The Kier molecular flexibility index (Phi) is 5.70. The van der Waals surface area contributed by atoms with E-state index in [-0.39, 0.29) is 24.0 Å². The normalized spacial score (nSPS) is 11.8. The summed E-state index contributed by atoms with van der Waals surface area (Å²) < 4.78 is 32.1. The highest BCUT2D eigenvalue weighted by atomic mass is 32.2. The topological polar surface area (TPSA) is 81.5 Å². The van der Waals surface area contributed by atoms with Crippen LogP contribution in [0.15, 0.2) is 11.2 Å². The van der Waals surface area contributed by atoms with E-state index in [1.165, 1.54) is 24.7 Å². The number of hydrogen-bond donors (Lipinski definition) is 0. The van der Waals surface area contributed by atoms with Gasteiger partial charge in [-0.2, -0.15) is 4.31 Å². The van der Waals surface area contributed by atoms with E-state index in [2.05, 4.69) is 9.72 Å². The third-order valence-corrected chi connectivity index (χ3v) is 4.78. The second-order valence-corrected chi connectivity index (χ2v) is 6.41.